The Bertz CT molecular complexity index is 487. The van der Waals surface area contributed by atoms with Crippen LogP contribution >= 0.6 is 0 Å². The number of carbonyl (C=O) groups is 1. The standard InChI is InChI=1S/C15H22N4O/c1-9-2-3-11(8-17-9)10-4-5-12-13(6-10)14(7-16)18-19-15(12)20/h2-3,8,10,12-14,18H,4-7,16H2,1H3,(H,19,20). The quantitative estimate of drug-likeness (QED) is 0.747. The first-order valence-electron chi connectivity index (χ1n) is 7.37. The number of rotatable bonds is 2. The molecule has 0 bridgehead atoms. The number of fused-ring (bicyclic) bond motifs is 1. The minimum Gasteiger partial charge on any atom is -0.329 e. The Kier molecular flexibility index (Phi) is 3.72. The maximum atomic E-state index is 12.0. The molecule has 20 heavy (non-hydrogen) atoms. The molecule has 1 saturated heterocycles. The third-order valence-corrected chi connectivity index (χ3v) is 4.79. The first kappa shape index (κ1) is 13.5. The Morgan fingerprint density at radius 1 is 1.40 bits per heavy atom. The number of hydrogen-bond acceptors (Lipinski definition) is 4. The Balaban J connectivity index is 1.78. The molecule has 1 saturated carbocycles. The number of aryl methyl sites for hydroxylation is 1. The van der Waals surface area contributed by atoms with Gasteiger partial charge in [0.05, 0.1) is 0 Å². The van der Waals surface area contributed by atoms with Gasteiger partial charge in [0, 0.05) is 30.4 Å². The van der Waals surface area contributed by atoms with Crippen LogP contribution in [0.5, 0.6) is 0 Å². The van der Waals surface area contributed by atoms with Crippen LogP contribution in [0.25, 0.3) is 0 Å². The fraction of sp³-hybridized carbons (Fsp3) is 0.600. The summed E-state index contributed by atoms with van der Waals surface area (Å²) in [5, 5.41) is 0. The number of nitrogens with two attached hydrogens (primary N) is 1. The van der Waals surface area contributed by atoms with E-state index in [0.717, 1.165) is 25.0 Å². The van der Waals surface area contributed by atoms with E-state index in [2.05, 4.69) is 28.0 Å². The van der Waals surface area contributed by atoms with Gasteiger partial charge in [-0.3, -0.25) is 15.2 Å². The molecule has 3 rings (SSSR count). The topological polar surface area (TPSA) is 80.0 Å². The van der Waals surface area contributed by atoms with Gasteiger partial charge in [0.25, 0.3) is 0 Å². The van der Waals surface area contributed by atoms with E-state index in [4.69, 9.17) is 5.73 Å². The van der Waals surface area contributed by atoms with Crippen LogP contribution < -0.4 is 16.6 Å². The first-order chi connectivity index (χ1) is 9.69. The van der Waals surface area contributed by atoms with Crippen molar-refractivity contribution in [1.29, 1.82) is 0 Å². The molecule has 5 nitrogen and oxygen atoms in total. The van der Waals surface area contributed by atoms with E-state index >= 15 is 0 Å². The van der Waals surface area contributed by atoms with Gasteiger partial charge in [-0.2, -0.15) is 0 Å². The summed E-state index contributed by atoms with van der Waals surface area (Å²) in [6, 6.07) is 4.41. The van der Waals surface area contributed by atoms with Crippen molar-refractivity contribution in [3.05, 3.63) is 29.6 Å². The molecule has 4 unspecified atom stereocenters. The smallest absolute Gasteiger partial charge is 0.237 e. The Morgan fingerprint density at radius 3 is 2.95 bits per heavy atom. The fourth-order valence-electron chi connectivity index (χ4n) is 3.60. The van der Waals surface area contributed by atoms with Crippen molar-refractivity contribution in [3.8, 4) is 0 Å². The zero-order valence-electron chi connectivity index (χ0n) is 11.8. The van der Waals surface area contributed by atoms with E-state index < -0.39 is 0 Å². The van der Waals surface area contributed by atoms with Crippen LogP contribution in [0.1, 0.15) is 36.4 Å². The molecule has 1 aliphatic carbocycles. The van der Waals surface area contributed by atoms with Crippen LogP contribution in [0.2, 0.25) is 0 Å². The number of aromatic nitrogens is 1. The lowest BCUT2D eigenvalue weighted by Crippen LogP contribution is -2.62. The minimum absolute atomic E-state index is 0.111. The van der Waals surface area contributed by atoms with Crippen molar-refractivity contribution >= 4 is 5.91 Å². The second kappa shape index (κ2) is 5.50. The molecule has 0 radical (unpaired) electrons. The van der Waals surface area contributed by atoms with Crippen molar-refractivity contribution in [1.82, 2.24) is 15.8 Å². The first-order valence-corrected chi connectivity index (χ1v) is 7.37. The van der Waals surface area contributed by atoms with Gasteiger partial charge in [-0.1, -0.05) is 6.07 Å². The number of carbonyl (C=O) groups excluding carboxylic acids is 1. The Hall–Kier alpha value is -1.46. The zero-order chi connectivity index (χ0) is 14.1. The lowest BCUT2D eigenvalue weighted by atomic mass is 9.68. The second-order valence-electron chi connectivity index (χ2n) is 5.99. The van der Waals surface area contributed by atoms with Gasteiger partial charge in [0.1, 0.15) is 0 Å². The largest absolute Gasteiger partial charge is 0.329 e. The van der Waals surface area contributed by atoms with Crippen molar-refractivity contribution in [2.75, 3.05) is 6.54 Å². The Labute approximate surface area is 119 Å². The van der Waals surface area contributed by atoms with Gasteiger partial charge in [-0.05, 0) is 49.7 Å². The molecule has 5 heteroatoms. The number of hydrazine groups is 1. The summed E-state index contributed by atoms with van der Waals surface area (Å²) in [6.45, 7) is 2.56. The van der Waals surface area contributed by atoms with E-state index in [0.29, 0.717) is 18.4 Å². The van der Waals surface area contributed by atoms with E-state index in [-0.39, 0.29) is 17.9 Å². The molecular weight excluding hydrogens is 252 g/mol. The van der Waals surface area contributed by atoms with Crippen LogP contribution in [0.4, 0.5) is 0 Å². The monoisotopic (exact) mass is 274 g/mol. The summed E-state index contributed by atoms with van der Waals surface area (Å²) in [6.07, 6.45) is 4.98. The average Bonchev–Trinajstić information content (AvgIpc) is 2.48. The summed E-state index contributed by atoms with van der Waals surface area (Å²) in [4.78, 5) is 16.3. The molecular formula is C15H22N4O. The van der Waals surface area contributed by atoms with Crippen LogP contribution in [0.15, 0.2) is 18.3 Å². The van der Waals surface area contributed by atoms with Crippen molar-refractivity contribution in [2.24, 2.45) is 17.6 Å². The van der Waals surface area contributed by atoms with Gasteiger partial charge in [0.2, 0.25) is 5.91 Å². The van der Waals surface area contributed by atoms with Crippen LogP contribution in [-0.4, -0.2) is 23.5 Å². The van der Waals surface area contributed by atoms with Gasteiger partial charge in [-0.15, -0.1) is 0 Å². The molecule has 1 aliphatic heterocycles. The van der Waals surface area contributed by atoms with Gasteiger partial charge >= 0.3 is 0 Å². The molecule has 1 aromatic heterocycles. The molecule has 0 spiro atoms. The van der Waals surface area contributed by atoms with Crippen LogP contribution in [0, 0.1) is 18.8 Å². The predicted octanol–water partition coefficient (Wildman–Crippen LogP) is 0.852. The molecule has 1 amide bonds. The number of hydrogen-bond donors (Lipinski definition) is 3. The fourth-order valence-corrected chi connectivity index (χ4v) is 3.60. The highest BCUT2D eigenvalue weighted by Crippen LogP contribution is 2.41. The van der Waals surface area contributed by atoms with E-state index in [1.165, 1.54) is 5.56 Å². The summed E-state index contributed by atoms with van der Waals surface area (Å²) in [5.41, 5.74) is 14.0. The number of pyridine rings is 1. The van der Waals surface area contributed by atoms with Crippen LogP contribution in [0.3, 0.4) is 0 Å². The maximum Gasteiger partial charge on any atom is 0.237 e. The molecule has 0 aromatic carbocycles. The summed E-state index contributed by atoms with van der Waals surface area (Å²) in [7, 11) is 0. The molecule has 4 atom stereocenters. The number of amides is 1. The third-order valence-electron chi connectivity index (χ3n) is 4.79. The molecule has 1 aromatic rings. The highest BCUT2D eigenvalue weighted by molar-refractivity contribution is 5.79. The SMILES string of the molecule is Cc1ccc(C2CCC3C(=O)NNC(CN)C3C2)cn1. The maximum absolute atomic E-state index is 12.0. The van der Waals surface area contributed by atoms with E-state index in [1.54, 1.807) is 0 Å². The van der Waals surface area contributed by atoms with Gasteiger partial charge in [-0.25, -0.2) is 5.43 Å². The zero-order valence-corrected chi connectivity index (χ0v) is 11.8. The summed E-state index contributed by atoms with van der Waals surface area (Å²) < 4.78 is 0. The van der Waals surface area contributed by atoms with Crippen molar-refractivity contribution in [3.63, 3.8) is 0 Å². The van der Waals surface area contributed by atoms with Gasteiger partial charge in [0.15, 0.2) is 0 Å². The predicted molar refractivity (Wildman–Crippen MR) is 76.7 cm³/mol. The average molecular weight is 274 g/mol. The highest BCUT2D eigenvalue weighted by Gasteiger charge is 2.42. The molecule has 108 valence electrons. The Morgan fingerprint density at radius 2 is 2.25 bits per heavy atom. The lowest BCUT2D eigenvalue weighted by Gasteiger charge is -2.43. The van der Waals surface area contributed by atoms with Crippen LogP contribution in [-0.2, 0) is 4.79 Å². The number of nitrogens with zero attached hydrogens (tertiary/aromatic N) is 1. The molecule has 2 heterocycles. The third kappa shape index (κ3) is 2.43. The normalized spacial score (nSPS) is 33.4. The van der Waals surface area contributed by atoms with Crippen molar-refractivity contribution < 1.29 is 4.79 Å². The summed E-state index contributed by atoms with van der Waals surface area (Å²) in [5.74, 6) is 1.06. The molecule has 2 fully saturated rings. The van der Waals surface area contributed by atoms with E-state index in [9.17, 15) is 4.79 Å². The van der Waals surface area contributed by atoms with Crippen molar-refractivity contribution in [2.45, 2.75) is 38.1 Å². The minimum atomic E-state index is 0.111. The molecule has 4 N–H and O–H groups in total. The number of nitrogens with one attached hydrogen (secondary N) is 2. The van der Waals surface area contributed by atoms with E-state index in [1.807, 2.05) is 13.1 Å². The highest BCUT2D eigenvalue weighted by atomic mass is 16.2. The van der Waals surface area contributed by atoms with Gasteiger partial charge < -0.3 is 5.73 Å². The lowest BCUT2D eigenvalue weighted by molar-refractivity contribution is -0.133. The summed E-state index contributed by atoms with van der Waals surface area (Å²) >= 11 is 0. The second-order valence-corrected chi connectivity index (χ2v) is 5.99. The molecule has 2 aliphatic rings.